The molecule has 0 saturated heterocycles. The number of hydrogen-bond donors (Lipinski definition) is 0. The molecule has 1 aliphatic carbocycles. The van der Waals surface area contributed by atoms with Crippen LogP contribution in [0, 0.1) is 5.82 Å². The predicted octanol–water partition coefficient (Wildman–Crippen LogP) is 4.99. The number of halogens is 1. The summed E-state index contributed by atoms with van der Waals surface area (Å²) in [7, 11) is 0. The maximum Gasteiger partial charge on any atom is 0.123 e. The van der Waals surface area contributed by atoms with Gasteiger partial charge in [-0.2, -0.15) is 0 Å². The highest BCUT2D eigenvalue weighted by Crippen LogP contribution is 2.44. The van der Waals surface area contributed by atoms with Gasteiger partial charge in [0, 0.05) is 5.41 Å². The van der Waals surface area contributed by atoms with E-state index in [1.54, 1.807) is 12.1 Å². The van der Waals surface area contributed by atoms with Crippen molar-refractivity contribution in [2.45, 2.75) is 51.4 Å². The van der Waals surface area contributed by atoms with Gasteiger partial charge in [0.2, 0.25) is 0 Å². The Bertz CT molecular complexity index is 394. The summed E-state index contributed by atoms with van der Waals surface area (Å²) in [6.45, 7) is 4.32. The summed E-state index contributed by atoms with van der Waals surface area (Å²) >= 11 is 0. The molecule has 0 aliphatic heterocycles. The van der Waals surface area contributed by atoms with E-state index < -0.39 is 0 Å². The number of allylic oxidation sites excluding steroid dienone is 2. The van der Waals surface area contributed by atoms with E-state index in [4.69, 9.17) is 0 Å². The van der Waals surface area contributed by atoms with Crippen molar-refractivity contribution in [3.05, 3.63) is 47.3 Å². The van der Waals surface area contributed by atoms with E-state index in [-0.39, 0.29) is 11.2 Å². The molecule has 1 saturated carbocycles. The van der Waals surface area contributed by atoms with E-state index in [1.807, 2.05) is 12.1 Å². The summed E-state index contributed by atoms with van der Waals surface area (Å²) in [5, 5.41) is 0. The number of rotatable bonds is 2. The Balaban J connectivity index is 2.42. The zero-order chi connectivity index (χ0) is 12.3. The largest absolute Gasteiger partial charge is 0.207 e. The van der Waals surface area contributed by atoms with Crippen molar-refractivity contribution < 1.29 is 4.39 Å². The summed E-state index contributed by atoms with van der Waals surface area (Å²) < 4.78 is 13.0. The van der Waals surface area contributed by atoms with Gasteiger partial charge < -0.3 is 0 Å². The SMILES string of the molecule is C/C=C(\C)C1(c2ccc(F)cc2)CCCCC1. The molecule has 1 heteroatoms. The number of hydrogen-bond acceptors (Lipinski definition) is 0. The zero-order valence-electron chi connectivity index (χ0n) is 10.8. The zero-order valence-corrected chi connectivity index (χ0v) is 10.8. The van der Waals surface area contributed by atoms with E-state index in [9.17, 15) is 4.39 Å². The molecule has 0 unspecified atom stereocenters. The molecule has 0 atom stereocenters. The van der Waals surface area contributed by atoms with Crippen molar-refractivity contribution in [3.63, 3.8) is 0 Å². The van der Waals surface area contributed by atoms with E-state index >= 15 is 0 Å². The molecule has 0 bridgehead atoms. The highest BCUT2D eigenvalue weighted by molar-refractivity contribution is 5.36. The van der Waals surface area contributed by atoms with Crippen LogP contribution in [-0.4, -0.2) is 0 Å². The van der Waals surface area contributed by atoms with Gasteiger partial charge in [0.15, 0.2) is 0 Å². The van der Waals surface area contributed by atoms with Crippen LogP contribution in [0.3, 0.4) is 0 Å². The van der Waals surface area contributed by atoms with Crippen LogP contribution < -0.4 is 0 Å². The van der Waals surface area contributed by atoms with Crippen molar-refractivity contribution in [2.75, 3.05) is 0 Å². The molecule has 1 aromatic carbocycles. The van der Waals surface area contributed by atoms with Crippen LogP contribution >= 0.6 is 0 Å². The second kappa shape index (κ2) is 5.03. The van der Waals surface area contributed by atoms with Gasteiger partial charge in [0.25, 0.3) is 0 Å². The molecular weight excluding hydrogens is 211 g/mol. The van der Waals surface area contributed by atoms with Gasteiger partial charge in [-0.05, 0) is 44.4 Å². The minimum absolute atomic E-state index is 0.141. The van der Waals surface area contributed by atoms with Crippen LogP contribution in [0.15, 0.2) is 35.9 Å². The molecule has 92 valence electrons. The van der Waals surface area contributed by atoms with Crippen molar-refractivity contribution in [1.82, 2.24) is 0 Å². The molecule has 1 aromatic rings. The molecule has 17 heavy (non-hydrogen) atoms. The Kier molecular flexibility index (Phi) is 3.66. The first-order valence-electron chi connectivity index (χ1n) is 6.58. The molecule has 0 amide bonds. The average Bonchev–Trinajstić information content (AvgIpc) is 2.39. The topological polar surface area (TPSA) is 0 Å². The van der Waals surface area contributed by atoms with Gasteiger partial charge >= 0.3 is 0 Å². The lowest BCUT2D eigenvalue weighted by atomic mass is 9.65. The maximum absolute atomic E-state index is 13.0. The van der Waals surface area contributed by atoms with Gasteiger partial charge in [-0.3, -0.25) is 0 Å². The normalized spacial score (nSPS) is 20.3. The predicted molar refractivity (Wildman–Crippen MR) is 70.6 cm³/mol. The molecule has 0 heterocycles. The highest BCUT2D eigenvalue weighted by atomic mass is 19.1. The van der Waals surface area contributed by atoms with Gasteiger partial charge in [-0.1, -0.05) is 43.0 Å². The van der Waals surface area contributed by atoms with Crippen molar-refractivity contribution >= 4 is 0 Å². The monoisotopic (exact) mass is 232 g/mol. The third kappa shape index (κ3) is 2.29. The fourth-order valence-corrected chi connectivity index (χ4v) is 3.11. The quantitative estimate of drug-likeness (QED) is 0.630. The van der Waals surface area contributed by atoms with Crippen LogP contribution in [0.2, 0.25) is 0 Å². The Morgan fingerprint density at radius 2 is 1.71 bits per heavy atom. The van der Waals surface area contributed by atoms with Crippen LogP contribution in [-0.2, 0) is 5.41 Å². The Labute approximate surface area is 104 Å². The van der Waals surface area contributed by atoms with E-state index in [0.717, 1.165) is 0 Å². The van der Waals surface area contributed by atoms with Crippen molar-refractivity contribution in [1.29, 1.82) is 0 Å². The summed E-state index contributed by atoms with van der Waals surface area (Å²) in [6.07, 6.45) is 8.52. The third-order valence-corrected chi connectivity index (χ3v) is 4.29. The Hall–Kier alpha value is -1.11. The van der Waals surface area contributed by atoms with Crippen molar-refractivity contribution in [2.24, 2.45) is 0 Å². The number of benzene rings is 1. The summed E-state index contributed by atoms with van der Waals surface area (Å²) in [5.74, 6) is -0.141. The Morgan fingerprint density at radius 1 is 1.12 bits per heavy atom. The van der Waals surface area contributed by atoms with Gasteiger partial charge in [0.05, 0.1) is 0 Å². The molecule has 2 rings (SSSR count). The fourth-order valence-electron chi connectivity index (χ4n) is 3.11. The second-order valence-corrected chi connectivity index (χ2v) is 5.12. The summed E-state index contributed by atoms with van der Waals surface area (Å²) in [4.78, 5) is 0. The van der Waals surface area contributed by atoms with E-state index in [2.05, 4.69) is 19.9 Å². The average molecular weight is 232 g/mol. The first-order valence-corrected chi connectivity index (χ1v) is 6.58. The second-order valence-electron chi connectivity index (χ2n) is 5.12. The lowest BCUT2D eigenvalue weighted by Gasteiger charge is -2.39. The minimum atomic E-state index is -0.141. The lowest BCUT2D eigenvalue weighted by molar-refractivity contribution is 0.339. The molecule has 0 radical (unpaired) electrons. The van der Waals surface area contributed by atoms with E-state index in [0.29, 0.717) is 0 Å². The van der Waals surface area contributed by atoms with Crippen LogP contribution in [0.25, 0.3) is 0 Å². The molecule has 0 N–H and O–H groups in total. The van der Waals surface area contributed by atoms with Gasteiger partial charge in [-0.25, -0.2) is 4.39 Å². The van der Waals surface area contributed by atoms with Gasteiger partial charge in [-0.15, -0.1) is 0 Å². The van der Waals surface area contributed by atoms with Crippen LogP contribution in [0.4, 0.5) is 4.39 Å². The lowest BCUT2D eigenvalue weighted by Crippen LogP contribution is -2.30. The first-order chi connectivity index (χ1) is 8.19. The molecular formula is C16H21F. The molecule has 0 nitrogen and oxygen atoms in total. The minimum Gasteiger partial charge on any atom is -0.207 e. The van der Waals surface area contributed by atoms with E-state index in [1.165, 1.54) is 43.2 Å². The molecule has 0 aromatic heterocycles. The van der Waals surface area contributed by atoms with Crippen LogP contribution in [0.1, 0.15) is 51.5 Å². The molecule has 1 fully saturated rings. The third-order valence-electron chi connectivity index (χ3n) is 4.29. The molecule has 1 aliphatic rings. The van der Waals surface area contributed by atoms with Crippen molar-refractivity contribution in [3.8, 4) is 0 Å². The Morgan fingerprint density at radius 3 is 2.24 bits per heavy atom. The maximum atomic E-state index is 13.0. The van der Waals surface area contributed by atoms with Gasteiger partial charge in [0.1, 0.15) is 5.82 Å². The molecule has 0 spiro atoms. The summed E-state index contributed by atoms with van der Waals surface area (Å²) in [6, 6.07) is 7.12. The fraction of sp³-hybridized carbons (Fsp3) is 0.500. The first kappa shape index (κ1) is 12.3. The standard InChI is InChI=1S/C16H21F/c1-3-13(2)16(11-5-4-6-12-16)14-7-9-15(17)10-8-14/h3,7-10H,4-6,11-12H2,1-2H3/b13-3+. The summed E-state index contributed by atoms with van der Waals surface area (Å²) in [5.41, 5.74) is 2.89. The highest BCUT2D eigenvalue weighted by Gasteiger charge is 2.34. The van der Waals surface area contributed by atoms with Crippen LogP contribution in [0.5, 0.6) is 0 Å². The smallest absolute Gasteiger partial charge is 0.123 e.